The molecule has 0 saturated carbocycles. The molecule has 108 valence electrons. The van der Waals surface area contributed by atoms with E-state index in [0.29, 0.717) is 5.69 Å². The van der Waals surface area contributed by atoms with Gasteiger partial charge in [-0.3, -0.25) is 9.59 Å². The highest BCUT2D eigenvalue weighted by molar-refractivity contribution is 6.06. The predicted molar refractivity (Wildman–Crippen MR) is 72.1 cm³/mol. The van der Waals surface area contributed by atoms with Gasteiger partial charge in [-0.15, -0.1) is 0 Å². The lowest BCUT2D eigenvalue weighted by Crippen LogP contribution is -2.60. The first-order valence-electron chi connectivity index (χ1n) is 6.38. The van der Waals surface area contributed by atoms with Gasteiger partial charge in [0.2, 0.25) is 11.8 Å². The van der Waals surface area contributed by atoms with E-state index in [1.54, 1.807) is 6.07 Å². The van der Waals surface area contributed by atoms with Crippen LogP contribution in [0.1, 0.15) is 13.8 Å². The third-order valence-electron chi connectivity index (χ3n) is 3.26. The number of hydrogen-bond donors (Lipinski definition) is 1. The molecule has 0 radical (unpaired) electrons. The summed E-state index contributed by atoms with van der Waals surface area (Å²) in [5.74, 6) is -0.978. The van der Waals surface area contributed by atoms with E-state index in [1.807, 2.05) is 13.8 Å². The van der Waals surface area contributed by atoms with Crippen LogP contribution < -0.4 is 15.0 Å². The highest BCUT2D eigenvalue weighted by atomic mass is 19.1. The molecule has 1 N–H and O–H groups in total. The second kappa shape index (κ2) is 5.48. The average Bonchev–Trinajstić information content (AvgIpc) is 2.40. The first-order chi connectivity index (χ1) is 9.43. The normalized spacial score (nSPS) is 19.2. The average molecular weight is 280 g/mol. The van der Waals surface area contributed by atoms with Gasteiger partial charge in [0.25, 0.3) is 0 Å². The summed E-state index contributed by atoms with van der Waals surface area (Å²) in [7, 11) is 1.37. The van der Waals surface area contributed by atoms with Gasteiger partial charge in [0.05, 0.1) is 7.11 Å². The molecule has 0 aliphatic carbocycles. The third kappa shape index (κ3) is 2.59. The molecule has 5 nitrogen and oxygen atoms in total. The molecule has 1 aromatic rings. The quantitative estimate of drug-likeness (QED) is 0.908. The molecule has 1 fully saturated rings. The predicted octanol–water partition coefficient (Wildman–Crippen LogP) is 1.32. The van der Waals surface area contributed by atoms with Gasteiger partial charge in [-0.2, -0.15) is 0 Å². The van der Waals surface area contributed by atoms with Crippen LogP contribution in [0.25, 0.3) is 0 Å². The molecule has 1 atom stereocenters. The minimum absolute atomic E-state index is 0.0302. The Balaban J connectivity index is 2.33. The fourth-order valence-electron chi connectivity index (χ4n) is 2.16. The zero-order valence-corrected chi connectivity index (χ0v) is 11.6. The largest absolute Gasteiger partial charge is 0.494 e. The second-order valence-electron chi connectivity index (χ2n) is 5.03. The van der Waals surface area contributed by atoms with Crippen molar-refractivity contribution in [2.45, 2.75) is 19.9 Å². The summed E-state index contributed by atoms with van der Waals surface area (Å²) >= 11 is 0. The zero-order chi connectivity index (χ0) is 14.9. The molecule has 1 saturated heterocycles. The topological polar surface area (TPSA) is 58.6 Å². The summed E-state index contributed by atoms with van der Waals surface area (Å²) in [6.45, 7) is 3.59. The van der Waals surface area contributed by atoms with Crippen LogP contribution in [0.15, 0.2) is 18.2 Å². The molecule has 0 spiro atoms. The number of anilines is 1. The fourth-order valence-corrected chi connectivity index (χ4v) is 2.16. The number of methoxy groups -OCH3 is 1. The first kappa shape index (κ1) is 14.3. The van der Waals surface area contributed by atoms with E-state index in [9.17, 15) is 14.0 Å². The summed E-state index contributed by atoms with van der Waals surface area (Å²) in [5.41, 5.74) is 0.355. The molecular formula is C14H17FN2O3. The number of nitrogens with zero attached hydrogens (tertiary/aromatic N) is 1. The van der Waals surface area contributed by atoms with Gasteiger partial charge in [-0.1, -0.05) is 13.8 Å². The van der Waals surface area contributed by atoms with Gasteiger partial charge in [-0.25, -0.2) is 4.39 Å². The van der Waals surface area contributed by atoms with Crippen LogP contribution in [0.5, 0.6) is 5.75 Å². The molecule has 1 aromatic carbocycles. The smallest absolute Gasteiger partial charge is 0.250 e. The molecular weight excluding hydrogens is 263 g/mol. The van der Waals surface area contributed by atoms with Crippen LogP contribution in [0.2, 0.25) is 0 Å². The number of rotatable bonds is 3. The number of amides is 2. The van der Waals surface area contributed by atoms with Gasteiger partial charge >= 0.3 is 0 Å². The van der Waals surface area contributed by atoms with Crippen molar-refractivity contribution in [3.8, 4) is 5.75 Å². The minimum Gasteiger partial charge on any atom is -0.494 e. The van der Waals surface area contributed by atoms with Crippen molar-refractivity contribution in [1.82, 2.24) is 5.32 Å². The molecule has 2 rings (SSSR count). The lowest BCUT2D eigenvalue weighted by atomic mass is 10.0. The Labute approximate surface area is 116 Å². The lowest BCUT2D eigenvalue weighted by molar-refractivity contribution is -0.132. The van der Waals surface area contributed by atoms with Crippen molar-refractivity contribution >= 4 is 17.5 Å². The maximum atomic E-state index is 13.7. The molecule has 20 heavy (non-hydrogen) atoms. The number of piperazine rings is 1. The second-order valence-corrected chi connectivity index (χ2v) is 5.03. The molecule has 0 bridgehead atoms. The molecule has 1 unspecified atom stereocenters. The number of halogens is 1. The third-order valence-corrected chi connectivity index (χ3v) is 3.26. The number of hydrogen-bond acceptors (Lipinski definition) is 3. The maximum Gasteiger partial charge on any atom is 0.250 e. The van der Waals surface area contributed by atoms with E-state index in [0.717, 1.165) is 0 Å². The van der Waals surface area contributed by atoms with Gasteiger partial charge < -0.3 is 15.0 Å². The Bertz CT molecular complexity index is 545. The summed E-state index contributed by atoms with van der Waals surface area (Å²) < 4.78 is 18.6. The fraction of sp³-hybridized carbons (Fsp3) is 0.429. The van der Waals surface area contributed by atoms with E-state index in [4.69, 9.17) is 4.74 Å². The number of nitrogens with one attached hydrogen (secondary N) is 1. The van der Waals surface area contributed by atoms with E-state index < -0.39 is 11.9 Å². The van der Waals surface area contributed by atoms with Gasteiger partial charge in [0.15, 0.2) is 11.6 Å². The van der Waals surface area contributed by atoms with E-state index >= 15 is 0 Å². The SMILES string of the molecule is COc1ccc(N2CC(=O)NC(C(C)C)C2=O)cc1F. The summed E-state index contributed by atoms with van der Waals surface area (Å²) in [6.07, 6.45) is 0. The number of carbonyl (C=O) groups excluding carboxylic acids is 2. The Kier molecular flexibility index (Phi) is 3.92. The number of benzene rings is 1. The Hall–Kier alpha value is -2.11. The van der Waals surface area contributed by atoms with Crippen LogP contribution in [-0.4, -0.2) is 31.5 Å². The number of carbonyl (C=O) groups is 2. The highest BCUT2D eigenvalue weighted by Gasteiger charge is 2.35. The van der Waals surface area contributed by atoms with Crippen molar-refractivity contribution in [2.24, 2.45) is 5.92 Å². The van der Waals surface area contributed by atoms with E-state index in [-0.39, 0.29) is 30.0 Å². The number of ether oxygens (including phenoxy) is 1. The molecule has 2 amide bonds. The van der Waals surface area contributed by atoms with E-state index in [2.05, 4.69) is 5.32 Å². The maximum absolute atomic E-state index is 13.7. The van der Waals surface area contributed by atoms with Gasteiger partial charge in [0, 0.05) is 11.8 Å². The molecule has 0 aromatic heterocycles. The highest BCUT2D eigenvalue weighted by Crippen LogP contribution is 2.25. The summed E-state index contributed by atoms with van der Waals surface area (Å²) in [4.78, 5) is 25.3. The summed E-state index contributed by atoms with van der Waals surface area (Å²) in [5, 5.41) is 2.65. The van der Waals surface area contributed by atoms with Crippen LogP contribution >= 0.6 is 0 Å². The lowest BCUT2D eigenvalue weighted by Gasteiger charge is -2.34. The van der Waals surface area contributed by atoms with Crippen molar-refractivity contribution < 1.29 is 18.7 Å². The molecule has 1 heterocycles. The van der Waals surface area contributed by atoms with Crippen LogP contribution in [0.4, 0.5) is 10.1 Å². The van der Waals surface area contributed by atoms with Crippen molar-refractivity contribution in [2.75, 3.05) is 18.6 Å². The van der Waals surface area contributed by atoms with Crippen LogP contribution in [-0.2, 0) is 9.59 Å². The van der Waals surface area contributed by atoms with Gasteiger partial charge in [0.1, 0.15) is 12.6 Å². The standard InChI is InChI=1S/C14H17FN2O3/c1-8(2)13-14(19)17(7-12(18)16-13)9-4-5-11(20-3)10(15)6-9/h4-6,8,13H,7H2,1-3H3,(H,16,18). The Morgan fingerprint density at radius 3 is 2.65 bits per heavy atom. The Morgan fingerprint density at radius 1 is 1.40 bits per heavy atom. The van der Waals surface area contributed by atoms with Crippen molar-refractivity contribution in [1.29, 1.82) is 0 Å². The van der Waals surface area contributed by atoms with Crippen LogP contribution in [0.3, 0.4) is 0 Å². The zero-order valence-electron chi connectivity index (χ0n) is 11.6. The first-order valence-corrected chi connectivity index (χ1v) is 6.38. The van der Waals surface area contributed by atoms with Crippen LogP contribution in [0, 0.1) is 11.7 Å². The molecule has 1 aliphatic rings. The summed E-state index contributed by atoms with van der Waals surface area (Å²) in [6, 6.07) is 3.62. The minimum atomic E-state index is -0.582. The van der Waals surface area contributed by atoms with Crippen molar-refractivity contribution in [3.05, 3.63) is 24.0 Å². The monoisotopic (exact) mass is 280 g/mol. The molecule has 1 aliphatic heterocycles. The van der Waals surface area contributed by atoms with Gasteiger partial charge in [-0.05, 0) is 18.1 Å². The van der Waals surface area contributed by atoms with Crippen molar-refractivity contribution in [3.63, 3.8) is 0 Å². The van der Waals surface area contributed by atoms with E-state index in [1.165, 1.54) is 24.1 Å². The molecule has 6 heteroatoms. The Morgan fingerprint density at radius 2 is 2.10 bits per heavy atom.